The first-order valence-corrected chi connectivity index (χ1v) is 6.13. The van der Waals surface area contributed by atoms with Gasteiger partial charge in [0.05, 0.1) is 4.92 Å². The van der Waals surface area contributed by atoms with Crippen LogP contribution >= 0.6 is 45.2 Å². The number of halogens is 2. The molecule has 1 aromatic rings. The third-order valence-electron chi connectivity index (χ3n) is 1.70. The lowest BCUT2D eigenvalue weighted by molar-refractivity contribution is -0.419. The van der Waals surface area contributed by atoms with Crippen LogP contribution in [0.1, 0.15) is 5.56 Å². The van der Waals surface area contributed by atoms with E-state index in [1.807, 2.05) is 22.6 Å². The van der Waals surface area contributed by atoms with E-state index in [0.717, 1.165) is 3.57 Å². The van der Waals surface area contributed by atoms with Crippen molar-refractivity contribution in [2.45, 2.75) is 0 Å². The van der Waals surface area contributed by atoms with Gasteiger partial charge in [-0.15, -0.1) is 0 Å². The summed E-state index contributed by atoms with van der Waals surface area (Å²) in [5, 5.41) is 19.4. The summed E-state index contributed by atoms with van der Waals surface area (Å²) in [4.78, 5) is 20.5. The molecule has 0 saturated carbocycles. The highest BCUT2D eigenvalue weighted by Crippen LogP contribution is 2.29. The molecule has 0 atom stereocenters. The van der Waals surface area contributed by atoms with Crippen LogP contribution in [0.2, 0.25) is 0 Å². The summed E-state index contributed by atoms with van der Waals surface area (Å²) in [6.45, 7) is 0. The third-order valence-corrected chi connectivity index (χ3v) is 3.74. The number of aliphatic carboxylic acids is 1. The number of carboxylic acid groups (broad SMARTS) is 1. The second kappa shape index (κ2) is 5.57. The fourth-order valence-electron chi connectivity index (χ4n) is 1.02. The zero-order valence-electron chi connectivity index (χ0n) is 7.68. The first-order valence-electron chi connectivity index (χ1n) is 3.97. The van der Waals surface area contributed by atoms with Crippen LogP contribution in [0.15, 0.2) is 30.0 Å². The number of nitrogens with zero attached hydrogens (tertiary/aromatic N) is 1. The van der Waals surface area contributed by atoms with Gasteiger partial charge < -0.3 is 5.11 Å². The van der Waals surface area contributed by atoms with E-state index < -0.39 is 16.6 Å². The van der Waals surface area contributed by atoms with Crippen molar-refractivity contribution in [2.75, 3.05) is 0 Å². The maximum atomic E-state index is 10.8. The van der Waals surface area contributed by atoms with Crippen molar-refractivity contribution >= 4 is 54.7 Å². The van der Waals surface area contributed by atoms with Crippen LogP contribution in [-0.4, -0.2) is 16.0 Å². The molecule has 0 fully saturated rings. The molecule has 0 radical (unpaired) electrons. The van der Waals surface area contributed by atoms with E-state index >= 15 is 0 Å². The van der Waals surface area contributed by atoms with E-state index in [4.69, 9.17) is 5.11 Å². The van der Waals surface area contributed by atoms with E-state index in [1.54, 1.807) is 46.9 Å². The number of carboxylic acids is 1. The van der Waals surface area contributed by atoms with Crippen molar-refractivity contribution < 1.29 is 14.8 Å². The van der Waals surface area contributed by atoms with Gasteiger partial charge >= 0.3 is 11.7 Å². The van der Waals surface area contributed by atoms with Crippen LogP contribution in [0.4, 0.5) is 0 Å². The molecule has 0 bridgehead atoms. The summed E-state index contributed by atoms with van der Waals surface area (Å²) < 4.78 is 0.894. The predicted molar refractivity (Wildman–Crippen MR) is 74.7 cm³/mol. The number of nitro groups is 1. The van der Waals surface area contributed by atoms with Gasteiger partial charge in [0.2, 0.25) is 0 Å². The van der Waals surface area contributed by atoms with E-state index in [9.17, 15) is 14.9 Å². The molecular weight excluding hydrogens is 440 g/mol. The average Bonchev–Trinajstić information content (AvgIpc) is 2.16. The molecule has 0 aliphatic heterocycles. The number of benzene rings is 1. The summed E-state index contributed by atoms with van der Waals surface area (Å²) in [5.74, 6) is -1.53. The van der Waals surface area contributed by atoms with Crippen LogP contribution in [0.5, 0.6) is 0 Å². The van der Waals surface area contributed by atoms with Crippen molar-refractivity contribution in [1.29, 1.82) is 0 Å². The Kier molecular flexibility index (Phi) is 4.65. The Morgan fingerprint density at radius 3 is 2.38 bits per heavy atom. The molecule has 0 aliphatic rings. The lowest BCUT2D eigenvalue weighted by Crippen LogP contribution is -2.11. The Balaban J connectivity index is 3.42. The van der Waals surface area contributed by atoms with Gasteiger partial charge in [0, 0.05) is 9.13 Å². The average molecular weight is 445 g/mol. The Labute approximate surface area is 118 Å². The van der Waals surface area contributed by atoms with E-state index in [1.165, 1.54) is 0 Å². The fourth-order valence-corrected chi connectivity index (χ4v) is 3.09. The summed E-state index contributed by atoms with van der Waals surface area (Å²) in [7, 11) is 0. The minimum Gasteiger partial charge on any atom is -0.473 e. The molecule has 1 N–H and O–H groups in total. The van der Waals surface area contributed by atoms with Gasteiger partial charge in [0.15, 0.2) is 0 Å². The fraction of sp³-hybridized carbons (Fsp3) is 0. The Morgan fingerprint density at radius 2 is 1.94 bits per heavy atom. The molecule has 0 amide bonds. The molecule has 5 nitrogen and oxygen atoms in total. The SMILES string of the molecule is O=C(O)C(=C(I)c1ccccc1I)[N+](=O)[O-]. The van der Waals surface area contributed by atoms with E-state index in [2.05, 4.69) is 0 Å². The smallest absolute Gasteiger partial charge is 0.408 e. The van der Waals surface area contributed by atoms with Crippen LogP contribution in [0, 0.1) is 13.7 Å². The highest BCUT2D eigenvalue weighted by Gasteiger charge is 2.27. The molecule has 0 unspecified atom stereocenters. The van der Waals surface area contributed by atoms with Gasteiger partial charge in [0.25, 0.3) is 0 Å². The van der Waals surface area contributed by atoms with Crippen molar-refractivity contribution in [3.05, 3.63) is 49.2 Å². The van der Waals surface area contributed by atoms with Crippen LogP contribution < -0.4 is 0 Å². The second-order valence-electron chi connectivity index (χ2n) is 2.70. The van der Waals surface area contributed by atoms with Crippen LogP contribution in [0.3, 0.4) is 0 Å². The zero-order chi connectivity index (χ0) is 12.3. The van der Waals surface area contributed by atoms with Crippen LogP contribution in [-0.2, 0) is 4.79 Å². The molecule has 84 valence electrons. The maximum absolute atomic E-state index is 10.8. The quantitative estimate of drug-likeness (QED) is 0.336. The molecule has 0 spiro atoms. The second-order valence-corrected chi connectivity index (χ2v) is 4.95. The topological polar surface area (TPSA) is 80.4 Å². The molecule has 0 aromatic heterocycles. The Morgan fingerprint density at radius 1 is 1.38 bits per heavy atom. The summed E-state index contributed by atoms with van der Waals surface area (Å²) in [5.41, 5.74) is -0.248. The van der Waals surface area contributed by atoms with Gasteiger partial charge in [-0.05, 0) is 51.2 Å². The minimum absolute atomic E-state index is 0.125. The summed E-state index contributed by atoms with van der Waals surface area (Å²) >= 11 is 3.68. The van der Waals surface area contributed by atoms with Crippen molar-refractivity contribution in [2.24, 2.45) is 0 Å². The Bertz CT molecular complexity index is 468. The highest BCUT2D eigenvalue weighted by molar-refractivity contribution is 14.1. The minimum atomic E-state index is -1.53. The molecule has 1 aromatic carbocycles. The van der Waals surface area contributed by atoms with Gasteiger partial charge in [-0.25, -0.2) is 4.79 Å². The highest BCUT2D eigenvalue weighted by atomic mass is 127. The lowest BCUT2D eigenvalue weighted by Gasteiger charge is -2.02. The van der Waals surface area contributed by atoms with Crippen molar-refractivity contribution in [3.63, 3.8) is 0 Å². The predicted octanol–water partition coefficient (Wildman–Crippen LogP) is 2.76. The van der Waals surface area contributed by atoms with Crippen molar-refractivity contribution in [1.82, 2.24) is 0 Å². The molecule has 0 saturated heterocycles. The molecule has 1 rings (SSSR count). The van der Waals surface area contributed by atoms with Gasteiger partial charge in [-0.3, -0.25) is 10.1 Å². The Hall–Kier alpha value is -0.710. The third kappa shape index (κ3) is 2.90. The largest absolute Gasteiger partial charge is 0.473 e. The number of rotatable bonds is 3. The first-order chi connectivity index (χ1) is 7.45. The maximum Gasteiger partial charge on any atom is 0.408 e. The molecule has 16 heavy (non-hydrogen) atoms. The number of hydrogen-bond acceptors (Lipinski definition) is 3. The molecular formula is C9H5I2NO4. The monoisotopic (exact) mass is 445 g/mol. The van der Waals surface area contributed by atoms with E-state index in [0.29, 0.717) is 5.56 Å². The van der Waals surface area contributed by atoms with Gasteiger partial charge in [0.1, 0.15) is 3.58 Å². The summed E-state index contributed by atoms with van der Waals surface area (Å²) in [6, 6.07) is 6.89. The van der Waals surface area contributed by atoms with Gasteiger partial charge in [-0.1, -0.05) is 18.2 Å². The van der Waals surface area contributed by atoms with Crippen molar-refractivity contribution in [3.8, 4) is 0 Å². The van der Waals surface area contributed by atoms with Gasteiger partial charge in [-0.2, -0.15) is 0 Å². The molecule has 7 heteroatoms. The zero-order valence-corrected chi connectivity index (χ0v) is 12.0. The normalized spacial score (nSPS) is 11.9. The number of hydrogen-bond donors (Lipinski definition) is 1. The number of carbonyl (C=O) groups is 1. The molecule has 0 aliphatic carbocycles. The van der Waals surface area contributed by atoms with Crippen LogP contribution in [0.25, 0.3) is 3.58 Å². The molecule has 0 heterocycles. The standard InChI is InChI=1S/C9H5I2NO4/c10-6-4-2-1-3-5(6)7(11)8(9(13)14)12(15)16/h1-4H,(H,13,14). The lowest BCUT2D eigenvalue weighted by atomic mass is 10.2. The van der Waals surface area contributed by atoms with E-state index in [-0.39, 0.29) is 3.58 Å². The first kappa shape index (κ1) is 13.4. The summed E-state index contributed by atoms with van der Waals surface area (Å²) in [6.07, 6.45) is 0.